The number of fused-ring (bicyclic) bond motifs is 1. The summed E-state index contributed by atoms with van der Waals surface area (Å²) in [6, 6.07) is 8.69. The number of hydrogen-bond acceptors (Lipinski definition) is 4. The van der Waals surface area contributed by atoms with Gasteiger partial charge in [-0.15, -0.1) is 11.3 Å². The molecule has 0 spiro atoms. The Morgan fingerprint density at radius 3 is 2.84 bits per heavy atom. The zero-order chi connectivity index (χ0) is 17.6. The summed E-state index contributed by atoms with van der Waals surface area (Å²) >= 11 is 1.23. The first-order valence-electron chi connectivity index (χ1n) is 7.95. The third kappa shape index (κ3) is 3.14. The van der Waals surface area contributed by atoms with Crippen LogP contribution < -0.4 is 10.5 Å². The van der Waals surface area contributed by atoms with E-state index < -0.39 is 15.9 Å². The zero-order valence-corrected chi connectivity index (χ0v) is 14.9. The molecule has 0 unspecified atom stereocenters. The maximum absolute atomic E-state index is 12.9. The lowest BCUT2D eigenvalue weighted by Crippen LogP contribution is -2.14. The lowest BCUT2D eigenvalue weighted by Gasteiger charge is -2.09. The summed E-state index contributed by atoms with van der Waals surface area (Å²) in [6.07, 6.45) is 3.14. The average Bonchev–Trinajstić information content (AvgIpc) is 3.07. The van der Waals surface area contributed by atoms with Crippen molar-refractivity contribution in [2.24, 2.45) is 11.7 Å². The second-order valence-corrected chi connectivity index (χ2v) is 9.10. The number of carbonyl (C=O) groups is 1. The number of aromatic nitrogens is 1. The smallest absolute Gasteiger partial charge is 0.271 e. The van der Waals surface area contributed by atoms with Crippen LogP contribution in [0.25, 0.3) is 10.9 Å². The molecular weight excluding hydrogens is 358 g/mol. The molecule has 6 nitrogen and oxygen atoms in total. The summed E-state index contributed by atoms with van der Waals surface area (Å²) in [5.41, 5.74) is 7.35. The van der Waals surface area contributed by atoms with Crippen LogP contribution in [0.5, 0.6) is 0 Å². The standard InChI is InChI=1S/C17H17N3O3S2/c18-16(21)14-9-11-2-1-3-13(15(11)19-14)20-25(22,23)17-12(6-7-24-17)8-10-4-5-10/h1-3,6-7,9-10,19-20H,4-5,8H2,(H2,18,21). The van der Waals surface area contributed by atoms with Gasteiger partial charge in [-0.05, 0) is 54.3 Å². The highest BCUT2D eigenvalue weighted by Crippen LogP contribution is 2.36. The fraction of sp³-hybridized carbons (Fsp3) is 0.235. The first kappa shape index (κ1) is 16.2. The van der Waals surface area contributed by atoms with Crippen LogP contribution in [-0.2, 0) is 16.4 Å². The summed E-state index contributed by atoms with van der Waals surface area (Å²) in [7, 11) is -3.69. The number of carbonyl (C=O) groups excluding carboxylic acids is 1. The molecule has 25 heavy (non-hydrogen) atoms. The highest BCUT2D eigenvalue weighted by Gasteiger charge is 2.27. The van der Waals surface area contributed by atoms with Crippen LogP contribution in [0, 0.1) is 5.92 Å². The number of primary amides is 1. The fourth-order valence-electron chi connectivity index (χ4n) is 2.91. The summed E-state index contributed by atoms with van der Waals surface area (Å²) in [4.78, 5) is 14.3. The molecule has 0 saturated heterocycles. The normalized spacial score (nSPS) is 14.7. The van der Waals surface area contributed by atoms with Crippen LogP contribution in [0.2, 0.25) is 0 Å². The van der Waals surface area contributed by atoms with Crippen molar-refractivity contribution in [3.8, 4) is 0 Å². The Morgan fingerprint density at radius 2 is 2.12 bits per heavy atom. The van der Waals surface area contributed by atoms with Gasteiger partial charge in [-0.25, -0.2) is 8.42 Å². The van der Waals surface area contributed by atoms with Gasteiger partial charge in [0, 0.05) is 5.39 Å². The number of para-hydroxylation sites is 1. The third-order valence-corrected chi connectivity index (χ3v) is 7.26. The molecule has 1 fully saturated rings. The Kier molecular flexibility index (Phi) is 3.81. The van der Waals surface area contributed by atoms with Gasteiger partial charge in [0.05, 0.1) is 11.2 Å². The maximum Gasteiger partial charge on any atom is 0.271 e. The van der Waals surface area contributed by atoms with Gasteiger partial charge in [0.1, 0.15) is 9.90 Å². The van der Waals surface area contributed by atoms with Gasteiger partial charge in [0.25, 0.3) is 15.9 Å². The van der Waals surface area contributed by atoms with E-state index in [1.54, 1.807) is 24.3 Å². The van der Waals surface area contributed by atoms with Crippen molar-refractivity contribution >= 4 is 43.9 Å². The molecule has 2 heterocycles. The quantitative estimate of drug-likeness (QED) is 0.616. The first-order valence-corrected chi connectivity index (χ1v) is 10.3. The van der Waals surface area contributed by atoms with Crippen LogP contribution in [0.3, 0.4) is 0 Å². The van der Waals surface area contributed by atoms with E-state index in [1.165, 1.54) is 24.2 Å². The van der Waals surface area contributed by atoms with Crippen molar-refractivity contribution in [3.63, 3.8) is 0 Å². The molecule has 3 aromatic rings. The van der Waals surface area contributed by atoms with Crippen LogP contribution in [0.15, 0.2) is 39.9 Å². The molecule has 4 rings (SSSR count). The third-order valence-electron chi connectivity index (χ3n) is 4.32. The number of nitrogens with two attached hydrogens (primary N) is 1. The Morgan fingerprint density at radius 1 is 1.32 bits per heavy atom. The van der Waals surface area contributed by atoms with Crippen LogP contribution in [0.4, 0.5) is 5.69 Å². The van der Waals surface area contributed by atoms with Gasteiger partial charge in [-0.2, -0.15) is 0 Å². The Hall–Kier alpha value is -2.32. The van der Waals surface area contributed by atoms with Crippen molar-refractivity contribution in [1.29, 1.82) is 0 Å². The molecule has 0 atom stereocenters. The van der Waals surface area contributed by atoms with Crippen LogP contribution >= 0.6 is 11.3 Å². The number of anilines is 1. The zero-order valence-electron chi connectivity index (χ0n) is 13.3. The number of H-pyrrole nitrogens is 1. The summed E-state index contributed by atoms with van der Waals surface area (Å²) in [6.45, 7) is 0. The number of hydrogen-bond donors (Lipinski definition) is 3. The van der Waals surface area contributed by atoms with E-state index in [1.807, 2.05) is 11.4 Å². The molecule has 8 heteroatoms. The van der Waals surface area contributed by atoms with Crippen molar-refractivity contribution in [1.82, 2.24) is 4.98 Å². The molecule has 1 amide bonds. The number of nitrogens with one attached hydrogen (secondary N) is 2. The summed E-state index contributed by atoms with van der Waals surface area (Å²) < 4.78 is 28.7. The van der Waals surface area contributed by atoms with E-state index in [0.29, 0.717) is 21.3 Å². The summed E-state index contributed by atoms with van der Waals surface area (Å²) in [5, 5.41) is 2.53. The predicted octanol–water partition coefficient (Wildman–Crippen LogP) is 3.08. The minimum absolute atomic E-state index is 0.243. The first-order chi connectivity index (χ1) is 11.9. The van der Waals surface area contributed by atoms with E-state index in [0.717, 1.165) is 17.4 Å². The molecule has 1 aliphatic carbocycles. The molecule has 1 aromatic carbocycles. The molecule has 0 aliphatic heterocycles. The number of rotatable bonds is 6. The van der Waals surface area contributed by atoms with Gasteiger partial charge in [-0.3, -0.25) is 9.52 Å². The van der Waals surface area contributed by atoms with Crippen molar-refractivity contribution < 1.29 is 13.2 Å². The molecular formula is C17H17N3O3S2. The molecule has 4 N–H and O–H groups in total. The van der Waals surface area contributed by atoms with Gasteiger partial charge < -0.3 is 10.7 Å². The van der Waals surface area contributed by atoms with Gasteiger partial charge in [0.15, 0.2) is 0 Å². The lowest BCUT2D eigenvalue weighted by atomic mass is 10.2. The Bertz CT molecular complexity index is 1060. The van der Waals surface area contributed by atoms with Gasteiger partial charge >= 0.3 is 0 Å². The summed E-state index contributed by atoms with van der Waals surface area (Å²) in [5.74, 6) is 0.0171. The molecule has 0 radical (unpaired) electrons. The topological polar surface area (TPSA) is 105 Å². The largest absolute Gasteiger partial charge is 0.364 e. The highest BCUT2D eigenvalue weighted by atomic mass is 32.2. The van der Waals surface area contributed by atoms with E-state index >= 15 is 0 Å². The number of amides is 1. The second-order valence-electron chi connectivity index (χ2n) is 6.30. The van der Waals surface area contributed by atoms with E-state index in [9.17, 15) is 13.2 Å². The minimum Gasteiger partial charge on any atom is -0.364 e. The SMILES string of the molecule is NC(=O)c1cc2cccc(NS(=O)(=O)c3sccc3CC3CC3)c2[nH]1. The van der Waals surface area contributed by atoms with Crippen molar-refractivity contribution in [2.45, 2.75) is 23.5 Å². The second kappa shape index (κ2) is 5.89. The molecule has 1 saturated carbocycles. The minimum atomic E-state index is -3.69. The average molecular weight is 375 g/mol. The van der Waals surface area contributed by atoms with E-state index in [4.69, 9.17) is 5.73 Å². The Balaban J connectivity index is 1.70. The van der Waals surface area contributed by atoms with E-state index in [-0.39, 0.29) is 5.69 Å². The molecule has 2 aromatic heterocycles. The monoisotopic (exact) mass is 375 g/mol. The van der Waals surface area contributed by atoms with Crippen molar-refractivity contribution in [3.05, 3.63) is 47.0 Å². The number of benzene rings is 1. The highest BCUT2D eigenvalue weighted by molar-refractivity contribution is 7.94. The molecule has 1 aliphatic rings. The lowest BCUT2D eigenvalue weighted by molar-refractivity contribution is 0.0996. The van der Waals surface area contributed by atoms with Crippen molar-refractivity contribution in [2.75, 3.05) is 4.72 Å². The van der Waals surface area contributed by atoms with E-state index in [2.05, 4.69) is 9.71 Å². The number of sulfonamides is 1. The molecule has 0 bridgehead atoms. The van der Waals surface area contributed by atoms with Crippen LogP contribution in [-0.4, -0.2) is 19.3 Å². The molecule has 130 valence electrons. The van der Waals surface area contributed by atoms with Gasteiger partial charge in [0.2, 0.25) is 0 Å². The number of aromatic amines is 1. The fourth-order valence-corrected chi connectivity index (χ4v) is 5.41. The maximum atomic E-state index is 12.9. The predicted molar refractivity (Wildman–Crippen MR) is 98.4 cm³/mol. The Labute approximate surface area is 149 Å². The van der Waals surface area contributed by atoms with Gasteiger partial charge in [-0.1, -0.05) is 12.1 Å². The van der Waals surface area contributed by atoms with Crippen LogP contribution in [0.1, 0.15) is 28.9 Å². The number of thiophene rings is 1.